The van der Waals surface area contributed by atoms with Gasteiger partial charge in [-0.25, -0.2) is 0 Å². The zero-order valence-corrected chi connectivity index (χ0v) is 17.5. The normalized spacial score (nSPS) is 10.7. The van der Waals surface area contributed by atoms with E-state index in [0.29, 0.717) is 10.2 Å². The van der Waals surface area contributed by atoms with Gasteiger partial charge in [-0.15, -0.1) is 11.3 Å². The fourth-order valence-electron chi connectivity index (χ4n) is 3.58. The third-order valence-corrected chi connectivity index (χ3v) is 6.09. The molecule has 6 heteroatoms. The van der Waals surface area contributed by atoms with Gasteiger partial charge >= 0.3 is 0 Å². The summed E-state index contributed by atoms with van der Waals surface area (Å²) in [6.07, 6.45) is 0. The molecular formula is C26H16N2O3S. The first-order valence-corrected chi connectivity index (χ1v) is 10.7. The molecule has 0 amide bonds. The minimum absolute atomic E-state index is 0.272. The number of nitrogens with zero attached hydrogens (tertiary/aromatic N) is 1. The summed E-state index contributed by atoms with van der Waals surface area (Å²) >= 11 is 1.32. The Bertz CT molecular complexity index is 1510. The molecule has 0 aliphatic carbocycles. The molecule has 0 atom stereocenters. The quantitative estimate of drug-likeness (QED) is 0.346. The van der Waals surface area contributed by atoms with Gasteiger partial charge in [0.25, 0.3) is 5.56 Å². The molecule has 2 N–H and O–H groups in total. The molecule has 154 valence electrons. The number of thiophene rings is 1. The molecule has 0 bridgehead atoms. The van der Waals surface area contributed by atoms with Crippen molar-refractivity contribution in [3.8, 4) is 45.6 Å². The van der Waals surface area contributed by atoms with E-state index in [9.17, 15) is 15.2 Å². The summed E-state index contributed by atoms with van der Waals surface area (Å²) in [5, 5.41) is 22.0. The molecule has 3 aromatic carbocycles. The maximum Gasteiger partial charge on any atom is 0.270 e. The summed E-state index contributed by atoms with van der Waals surface area (Å²) in [5.41, 5.74) is 2.89. The van der Waals surface area contributed by atoms with E-state index in [-0.39, 0.29) is 11.3 Å². The number of rotatable bonds is 4. The summed E-state index contributed by atoms with van der Waals surface area (Å²) < 4.78 is 5.85. The van der Waals surface area contributed by atoms with Crippen LogP contribution in [-0.4, -0.2) is 10.1 Å². The standard InChI is InChI=1S/C26H16N2O3S/c27-14-21-24(29)23-22(15-32-26(23)28-25(21)30)18-8-6-16(7-9-18)17-10-12-20(13-11-17)31-19-4-2-1-3-5-19/h1-13,15H,(H2,28,29,30). The van der Waals surface area contributed by atoms with Crippen molar-refractivity contribution in [2.45, 2.75) is 0 Å². The van der Waals surface area contributed by atoms with Gasteiger partial charge in [0.15, 0.2) is 5.56 Å². The Morgan fingerprint density at radius 3 is 2.09 bits per heavy atom. The molecular weight excluding hydrogens is 420 g/mol. The van der Waals surface area contributed by atoms with E-state index in [2.05, 4.69) is 4.98 Å². The predicted octanol–water partition coefficient (Wildman–Crippen LogP) is 6.29. The molecule has 0 saturated carbocycles. The highest BCUT2D eigenvalue weighted by molar-refractivity contribution is 7.17. The Morgan fingerprint density at radius 2 is 1.44 bits per heavy atom. The lowest BCUT2D eigenvalue weighted by atomic mass is 9.99. The summed E-state index contributed by atoms with van der Waals surface area (Å²) in [7, 11) is 0. The summed E-state index contributed by atoms with van der Waals surface area (Å²) in [6.45, 7) is 0. The molecule has 5 rings (SSSR count). The van der Waals surface area contributed by atoms with E-state index in [1.807, 2.05) is 84.2 Å². The number of hydrogen-bond acceptors (Lipinski definition) is 5. The zero-order valence-electron chi connectivity index (χ0n) is 16.7. The number of aromatic amines is 1. The van der Waals surface area contributed by atoms with Gasteiger partial charge in [-0.05, 0) is 41.0 Å². The van der Waals surface area contributed by atoms with Crippen molar-refractivity contribution in [1.82, 2.24) is 4.98 Å². The van der Waals surface area contributed by atoms with Crippen LogP contribution in [0.15, 0.2) is 89.0 Å². The first kappa shape index (κ1) is 19.6. The average Bonchev–Trinajstić information content (AvgIpc) is 3.25. The van der Waals surface area contributed by atoms with Crippen LogP contribution >= 0.6 is 11.3 Å². The predicted molar refractivity (Wildman–Crippen MR) is 126 cm³/mol. The molecule has 32 heavy (non-hydrogen) atoms. The van der Waals surface area contributed by atoms with Crippen molar-refractivity contribution in [1.29, 1.82) is 5.26 Å². The van der Waals surface area contributed by atoms with E-state index in [0.717, 1.165) is 33.8 Å². The average molecular weight is 436 g/mol. The number of para-hydroxylation sites is 1. The van der Waals surface area contributed by atoms with Gasteiger partial charge < -0.3 is 14.8 Å². The largest absolute Gasteiger partial charge is 0.506 e. The molecule has 0 fully saturated rings. The number of aromatic hydroxyl groups is 1. The zero-order chi connectivity index (χ0) is 22.1. The minimum Gasteiger partial charge on any atom is -0.506 e. The first-order valence-electron chi connectivity index (χ1n) is 9.84. The molecule has 0 unspecified atom stereocenters. The Hall–Kier alpha value is -4.34. The second-order valence-corrected chi connectivity index (χ2v) is 8.04. The molecule has 2 heterocycles. The third kappa shape index (κ3) is 3.51. The molecule has 0 radical (unpaired) electrons. The molecule has 0 aliphatic heterocycles. The first-order chi connectivity index (χ1) is 15.6. The van der Waals surface area contributed by atoms with E-state index >= 15 is 0 Å². The van der Waals surface area contributed by atoms with Crippen molar-refractivity contribution in [3.63, 3.8) is 0 Å². The number of hydrogen-bond donors (Lipinski definition) is 2. The van der Waals surface area contributed by atoms with Gasteiger partial charge in [0, 0.05) is 10.9 Å². The maximum absolute atomic E-state index is 11.9. The van der Waals surface area contributed by atoms with Gasteiger partial charge in [-0.1, -0.05) is 54.6 Å². The van der Waals surface area contributed by atoms with Crippen LogP contribution in [-0.2, 0) is 0 Å². The maximum atomic E-state index is 11.9. The Balaban J connectivity index is 1.44. The lowest BCUT2D eigenvalue weighted by Gasteiger charge is -2.08. The Labute approximate surface area is 187 Å². The van der Waals surface area contributed by atoms with Crippen LogP contribution in [0, 0.1) is 11.3 Å². The van der Waals surface area contributed by atoms with Crippen molar-refractivity contribution in [2.24, 2.45) is 0 Å². The monoisotopic (exact) mass is 436 g/mol. The highest BCUT2D eigenvalue weighted by Gasteiger charge is 2.17. The van der Waals surface area contributed by atoms with Crippen LogP contribution in [0.3, 0.4) is 0 Å². The highest BCUT2D eigenvalue weighted by Crippen LogP contribution is 2.39. The second-order valence-electron chi connectivity index (χ2n) is 7.16. The van der Waals surface area contributed by atoms with E-state index in [1.165, 1.54) is 11.3 Å². The highest BCUT2D eigenvalue weighted by atomic mass is 32.1. The van der Waals surface area contributed by atoms with Crippen molar-refractivity contribution < 1.29 is 9.84 Å². The topological polar surface area (TPSA) is 86.1 Å². The SMILES string of the molecule is N#Cc1c(O)c2c(-c3ccc(-c4ccc(Oc5ccccc5)cc4)cc3)csc2[nH]c1=O. The number of benzene rings is 3. The summed E-state index contributed by atoms with van der Waals surface area (Å²) in [4.78, 5) is 15.1. The Kier molecular flexibility index (Phi) is 4.94. The van der Waals surface area contributed by atoms with Gasteiger partial charge in [-0.3, -0.25) is 4.79 Å². The molecule has 5 aromatic rings. The Morgan fingerprint density at radius 1 is 0.844 bits per heavy atom. The lowest BCUT2D eigenvalue weighted by molar-refractivity contribution is 0.479. The van der Waals surface area contributed by atoms with E-state index < -0.39 is 5.56 Å². The number of aromatic nitrogens is 1. The molecule has 0 aliphatic rings. The number of nitrogens with one attached hydrogen (secondary N) is 1. The molecule has 2 aromatic heterocycles. The van der Waals surface area contributed by atoms with Crippen LogP contribution in [0.2, 0.25) is 0 Å². The fourth-order valence-corrected chi connectivity index (χ4v) is 4.55. The fraction of sp³-hybridized carbons (Fsp3) is 0. The van der Waals surface area contributed by atoms with Crippen molar-refractivity contribution >= 4 is 21.6 Å². The molecule has 5 nitrogen and oxygen atoms in total. The van der Waals surface area contributed by atoms with Gasteiger partial charge in [0.05, 0.1) is 5.39 Å². The number of pyridine rings is 1. The van der Waals surface area contributed by atoms with Crippen LogP contribution in [0.5, 0.6) is 17.2 Å². The van der Waals surface area contributed by atoms with Gasteiger partial charge in [0.2, 0.25) is 0 Å². The van der Waals surface area contributed by atoms with Crippen LogP contribution < -0.4 is 10.3 Å². The number of fused-ring (bicyclic) bond motifs is 1. The summed E-state index contributed by atoms with van der Waals surface area (Å²) in [5.74, 6) is 1.27. The van der Waals surface area contributed by atoms with Crippen LogP contribution in [0.4, 0.5) is 0 Å². The van der Waals surface area contributed by atoms with Gasteiger partial charge in [-0.2, -0.15) is 5.26 Å². The number of ether oxygens (including phenoxy) is 1. The van der Waals surface area contributed by atoms with E-state index in [1.54, 1.807) is 6.07 Å². The lowest BCUT2D eigenvalue weighted by Crippen LogP contribution is -2.09. The minimum atomic E-state index is -0.582. The molecule has 0 saturated heterocycles. The molecule has 0 spiro atoms. The van der Waals surface area contributed by atoms with Crippen LogP contribution in [0.1, 0.15) is 5.56 Å². The smallest absolute Gasteiger partial charge is 0.270 e. The number of H-pyrrole nitrogens is 1. The second kappa shape index (κ2) is 8.06. The third-order valence-electron chi connectivity index (χ3n) is 5.19. The van der Waals surface area contributed by atoms with Crippen molar-refractivity contribution in [3.05, 3.63) is 100 Å². The van der Waals surface area contributed by atoms with Crippen LogP contribution in [0.25, 0.3) is 32.5 Å². The van der Waals surface area contributed by atoms with Gasteiger partial charge in [0.1, 0.15) is 28.1 Å². The van der Waals surface area contributed by atoms with E-state index in [4.69, 9.17) is 4.74 Å². The summed E-state index contributed by atoms with van der Waals surface area (Å²) in [6, 6.07) is 27.2. The number of nitriles is 1. The van der Waals surface area contributed by atoms with Crippen molar-refractivity contribution in [2.75, 3.05) is 0 Å².